The van der Waals surface area contributed by atoms with Crippen LogP contribution in [0.4, 0.5) is 22.2 Å². The summed E-state index contributed by atoms with van der Waals surface area (Å²) in [6, 6.07) is 3.14. The summed E-state index contributed by atoms with van der Waals surface area (Å²) in [7, 11) is 0. The summed E-state index contributed by atoms with van der Waals surface area (Å²) >= 11 is 12.0. The molecule has 2 aliphatic rings. The Kier molecular flexibility index (Phi) is 5.44. The van der Waals surface area contributed by atoms with E-state index in [0.717, 1.165) is 31.2 Å². The van der Waals surface area contributed by atoms with E-state index < -0.39 is 0 Å². The third-order valence-corrected chi connectivity index (χ3v) is 5.90. The fourth-order valence-electron chi connectivity index (χ4n) is 3.90. The average Bonchev–Trinajstić information content (AvgIpc) is 3.19. The van der Waals surface area contributed by atoms with Crippen LogP contribution in [0.25, 0.3) is 0 Å². The number of rotatable bonds is 4. The second-order valence-corrected chi connectivity index (χ2v) is 8.56. The average molecular weight is 437 g/mol. The van der Waals surface area contributed by atoms with E-state index in [0.29, 0.717) is 17.5 Å². The number of amides is 1. The van der Waals surface area contributed by atoms with Crippen molar-refractivity contribution in [2.75, 3.05) is 10.2 Å². The van der Waals surface area contributed by atoms with Gasteiger partial charge < -0.3 is 15.2 Å². The Morgan fingerprint density at radius 3 is 2.52 bits per heavy atom. The zero-order chi connectivity index (χ0) is 20.7. The third-order valence-electron chi connectivity index (χ3n) is 5.32. The van der Waals surface area contributed by atoms with Crippen molar-refractivity contribution >= 4 is 46.7 Å². The Morgan fingerprint density at radius 1 is 1.24 bits per heavy atom. The first-order valence-electron chi connectivity index (χ1n) is 9.67. The minimum Gasteiger partial charge on any atom is -0.505 e. The lowest BCUT2D eigenvalue weighted by molar-refractivity contribution is 0.0673. The minimum atomic E-state index is -0.387. The van der Waals surface area contributed by atoms with Gasteiger partial charge in [0.05, 0.1) is 15.6 Å². The molecule has 4 rings (SSSR count). The largest absolute Gasteiger partial charge is 0.505 e. The van der Waals surface area contributed by atoms with Gasteiger partial charge in [-0.25, -0.2) is 9.78 Å². The number of hydrogen-bond donors (Lipinski definition) is 2. The topological polar surface area (TPSA) is 87.6 Å². The lowest BCUT2D eigenvalue weighted by Crippen LogP contribution is -2.45. The molecule has 2 N–H and O–H groups in total. The molecule has 0 saturated heterocycles. The number of phenolic OH excluding ortho intramolecular Hbond substituents is 1. The van der Waals surface area contributed by atoms with E-state index in [9.17, 15) is 9.90 Å². The number of carbonyl (C=O) groups is 1. The van der Waals surface area contributed by atoms with Crippen LogP contribution < -0.4 is 10.2 Å². The monoisotopic (exact) mass is 436 g/mol. The molecule has 1 fully saturated rings. The molecule has 154 valence electrons. The summed E-state index contributed by atoms with van der Waals surface area (Å²) in [6.45, 7) is 4.00. The van der Waals surface area contributed by atoms with Gasteiger partial charge in [0.1, 0.15) is 6.10 Å². The first kappa shape index (κ1) is 20.0. The maximum absolute atomic E-state index is 12.8. The highest BCUT2D eigenvalue weighted by Crippen LogP contribution is 2.41. The van der Waals surface area contributed by atoms with Crippen molar-refractivity contribution in [2.24, 2.45) is 5.92 Å². The molecule has 9 heteroatoms. The van der Waals surface area contributed by atoms with Crippen LogP contribution in [0.5, 0.6) is 5.75 Å². The van der Waals surface area contributed by atoms with Gasteiger partial charge in [-0.1, -0.05) is 49.9 Å². The number of nitrogens with one attached hydrogen (secondary N) is 1. The summed E-state index contributed by atoms with van der Waals surface area (Å²) in [5.41, 5.74) is 1.34. The van der Waals surface area contributed by atoms with Crippen LogP contribution in [0, 0.1) is 5.92 Å². The molecule has 1 aliphatic heterocycles. The zero-order valence-electron chi connectivity index (χ0n) is 16.2. The van der Waals surface area contributed by atoms with E-state index in [-0.39, 0.29) is 40.0 Å². The number of aromatic nitrogens is 2. The smallest absolute Gasteiger partial charge is 0.416 e. The van der Waals surface area contributed by atoms with E-state index in [2.05, 4.69) is 15.3 Å². The van der Waals surface area contributed by atoms with Crippen LogP contribution in [0.2, 0.25) is 10.0 Å². The highest BCUT2D eigenvalue weighted by atomic mass is 35.5. The van der Waals surface area contributed by atoms with Gasteiger partial charge in [-0.15, -0.1) is 0 Å². The molecule has 1 aromatic heterocycles. The molecular weight excluding hydrogens is 415 g/mol. The Hall–Kier alpha value is -2.25. The van der Waals surface area contributed by atoms with Crippen molar-refractivity contribution < 1.29 is 14.6 Å². The number of benzene rings is 1. The molecule has 1 aromatic carbocycles. The number of cyclic esters (lactones) is 1. The van der Waals surface area contributed by atoms with E-state index in [1.54, 1.807) is 11.1 Å². The number of aromatic hydroxyl groups is 1. The van der Waals surface area contributed by atoms with Crippen LogP contribution >= 0.6 is 23.2 Å². The van der Waals surface area contributed by atoms with Gasteiger partial charge in [0, 0.05) is 17.9 Å². The lowest BCUT2D eigenvalue weighted by Gasteiger charge is -2.37. The van der Waals surface area contributed by atoms with Crippen molar-refractivity contribution in [2.45, 2.75) is 51.7 Å². The fourth-order valence-corrected chi connectivity index (χ4v) is 4.38. The van der Waals surface area contributed by atoms with Crippen molar-refractivity contribution in [1.29, 1.82) is 0 Å². The zero-order valence-corrected chi connectivity index (χ0v) is 17.7. The predicted octanol–water partition coefficient (Wildman–Crippen LogP) is 5.83. The molecule has 2 heterocycles. The number of carbonyl (C=O) groups excluding carboxylic acids is 1. The van der Waals surface area contributed by atoms with Crippen LogP contribution in [-0.2, 0) is 4.74 Å². The molecule has 0 spiro atoms. The molecule has 0 bridgehead atoms. The molecule has 1 atom stereocenters. The Morgan fingerprint density at radius 2 is 1.90 bits per heavy atom. The second kappa shape index (κ2) is 7.88. The molecule has 29 heavy (non-hydrogen) atoms. The molecule has 2 aromatic rings. The van der Waals surface area contributed by atoms with E-state index in [1.807, 2.05) is 13.8 Å². The maximum atomic E-state index is 12.8. The molecular formula is C20H22Cl2N4O3. The van der Waals surface area contributed by atoms with Crippen molar-refractivity contribution in [3.05, 3.63) is 33.9 Å². The van der Waals surface area contributed by atoms with E-state index in [1.165, 1.54) is 12.1 Å². The standard InChI is InChI=1S/C20H22Cl2N4O3/c1-10(2)17-13-9-23-19(24-11-7-14(21)16(27)15(22)8-11)25-18(13)26(20(28)29-17)12-5-3-4-6-12/h7-10,12,17,27H,3-6H2,1-2H3,(H,23,24,25). The normalized spacial score (nSPS) is 19.4. The van der Waals surface area contributed by atoms with Gasteiger partial charge in [0.25, 0.3) is 0 Å². The minimum absolute atomic E-state index is 0.0784. The SMILES string of the molecule is CC(C)C1OC(=O)N(C2CCCC2)c2nc(Nc3cc(Cl)c(O)c(Cl)c3)ncc21. The lowest BCUT2D eigenvalue weighted by atomic mass is 9.98. The molecule has 1 saturated carbocycles. The van der Waals surface area contributed by atoms with Crippen LogP contribution in [0.3, 0.4) is 0 Å². The number of nitrogens with zero attached hydrogens (tertiary/aromatic N) is 3. The van der Waals surface area contributed by atoms with Crippen molar-refractivity contribution in [3.63, 3.8) is 0 Å². The highest BCUT2D eigenvalue weighted by Gasteiger charge is 2.40. The Bertz CT molecular complexity index is 924. The quantitative estimate of drug-likeness (QED) is 0.586. The first-order chi connectivity index (χ1) is 13.8. The summed E-state index contributed by atoms with van der Waals surface area (Å²) in [5.74, 6) is 0.808. The molecule has 0 radical (unpaired) electrons. The fraction of sp³-hybridized carbons (Fsp3) is 0.450. The number of anilines is 3. The number of ether oxygens (including phenoxy) is 1. The van der Waals surface area contributed by atoms with Gasteiger partial charge in [-0.05, 0) is 30.9 Å². The van der Waals surface area contributed by atoms with Crippen molar-refractivity contribution in [1.82, 2.24) is 9.97 Å². The third kappa shape index (κ3) is 3.81. The molecule has 1 aliphatic carbocycles. The van der Waals surface area contributed by atoms with Gasteiger partial charge in [0.2, 0.25) is 5.95 Å². The first-order valence-corrected chi connectivity index (χ1v) is 10.4. The van der Waals surface area contributed by atoms with Gasteiger partial charge in [-0.2, -0.15) is 4.98 Å². The van der Waals surface area contributed by atoms with Gasteiger partial charge in [0.15, 0.2) is 11.6 Å². The van der Waals surface area contributed by atoms with Crippen LogP contribution in [0.1, 0.15) is 51.2 Å². The van der Waals surface area contributed by atoms with Crippen LogP contribution in [0.15, 0.2) is 18.3 Å². The summed E-state index contributed by atoms with van der Waals surface area (Å²) in [6.07, 6.45) is 4.97. The Labute approximate surface area is 179 Å². The maximum Gasteiger partial charge on any atom is 0.416 e. The highest BCUT2D eigenvalue weighted by molar-refractivity contribution is 6.37. The van der Waals surface area contributed by atoms with Crippen molar-refractivity contribution in [3.8, 4) is 5.75 Å². The summed E-state index contributed by atoms with van der Waals surface area (Å²) in [4.78, 5) is 23.5. The molecule has 1 amide bonds. The number of fused-ring (bicyclic) bond motifs is 1. The summed E-state index contributed by atoms with van der Waals surface area (Å²) in [5, 5.41) is 13.0. The second-order valence-electron chi connectivity index (χ2n) is 7.74. The molecule has 7 nitrogen and oxygen atoms in total. The molecule has 1 unspecified atom stereocenters. The van der Waals surface area contributed by atoms with E-state index >= 15 is 0 Å². The van der Waals surface area contributed by atoms with Gasteiger partial charge >= 0.3 is 6.09 Å². The van der Waals surface area contributed by atoms with Gasteiger partial charge in [-0.3, -0.25) is 4.90 Å². The number of halogens is 2. The predicted molar refractivity (Wildman–Crippen MR) is 112 cm³/mol. The number of hydrogen-bond acceptors (Lipinski definition) is 6. The Balaban J connectivity index is 1.73. The number of phenols is 1. The summed E-state index contributed by atoms with van der Waals surface area (Å²) < 4.78 is 5.73. The van der Waals surface area contributed by atoms with E-state index in [4.69, 9.17) is 27.9 Å². The van der Waals surface area contributed by atoms with Crippen LogP contribution in [-0.4, -0.2) is 27.2 Å².